The topological polar surface area (TPSA) is 38.7 Å². The van der Waals surface area contributed by atoms with Crippen LogP contribution >= 0.6 is 0 Å². The Bertz CT molecular complexity index is 820. The highest BCUT2D eigenvalue weighted by atomic mass is 16.6. The van der Waals surface area contributed by atoms with Crippen LogP contribution in [0.15, 0.2) is 66.7 Å². The molecule has 0 aromatic heterocycles. The highest BCUT2D eigenvalue weighted by molar-refractivity contribution is 5.36. The average Bonchev–Trinajstić information content (AvgIpc) is 2.67. The predicted octanol–water partition coefficient (Wildman–Crippen LogP) is 4.10. The fourth-order valence-corrected chi connectivity index (χ4v) is 2.86. The molecule has 2 aromatic carbocycles. The maximum absolute atomic E-state index is 9.71. The lowest BCUT2D eigenvalue weighted by molar-refractivity contribution is -0.0549. The second-order valence-corrected chi connectivity index (χ2v) is 7.65. The number of rotatable bonds is 3. The van der Waals surface area contributed by atoms with Crippen molar-refractivity contribution in [1.82, 2.24) is 0 Å². The molecular formula is C24H26O3. The van der Waals surface area contributed by atoms with Crippen LogP contribution in [0.2, 0.25) is 0 Å². The molecule has 3 nitrogen and oxygen atoms in total. The number of aliphatic hydroxyl groups is 1. The van der Waals surface area contributed by atoms with E-state index in [2.05, 4.69) is 44.7 Å². The predicted molar refractivity (Wildman–Crippen MR) is 108 cm³/mol. The third-order valence-electron chi connectivity index (χ3n) is 4.47. The van der Waals surface area contributed by atoms with Crippen LogP contribution in [0.4, 0.5) is 0 Å². The number of ether oxygens (including phenoxy) is 2. The Morgan fingerprint density at radius 1 is 1.00 bits per heavy atom. The van der Waals surface area contributed by atoms with Crippen LogP contribution in [0.1, 0.15) is 31.9 Å². The molecule has 1 aliphatic heterocycles. The minimum Gasteiger partial charge on any atom is -0.484 e. The maximum Gasteiger partial charge on any atom is 0.145 e. The van der Waals surface area contributed by atoms with Crippen molar-refractivity contribution >= 4 is 0 Å². The first-order chi connectivity index (χ1) is 13.0. The van der Waals surface area contributed by atoms with Gasteiger partial charge in [-0.05, 0) is 47.4 Å². The fourth-order valence-electron chi connectivity index (χ4n) is 2.86. The first kappa shape index (κ1) is 19.2. The Morgan fingerprint density at radius 2 is 1.70 bits per heavy atom. The van der Waals surface area contributed by atoms with Gasteiger partial charge in [-0.15, -0.1) is 0 Å². The van der Waals surface area contributed by atoms with Crippen LogP contribution in [0.5, 0.6) is 5.75 Å². The summed E-state index contributed by atoms with van der Waals surface area (Å²) in [6.07, 6.45) is 2.66. The van der Waals surface area contributed by atoms with Crippen LogP contribution in [-0.4, -0.2) is 30.0 Å². The van der Waals surface area contributed by atoms with E-state index < -0.39 is 6.10 Å². The van der Waals surface area contributed by atoms with Gasteiger partial charge in [-0.1, -0.05) is 62.9 Å². The molecule has 27 heavy (non-hydrogen) atoms. The third-order valence-corrected chi connectivity index (χ3v) is 4.47. The average molecular weight is 362 g/mol. The molecule has 0 unspecified atom stereocenters. The van der Waals surface area contributed by atoms with Crippen molar-refractivity contribution in [2.75, 3.05) is 6.61 Å². The minimum atomic E-state index is -0.452. The number of aliphatic hydroxyl groups excluding tert-OH is 1. The first-order valence-electron chi connectivity index (χ1n) is 9.24. The number of hydrogen-bond acceptors (Lipinski definition) is 3. The van der Waals surface area contributed by atoms with Crippen LogP contribution in [-0.2, 0) is 10.2 Å². The van der Waals surface area contributed by atoms with Crippen LogP contribution in [0.25, 0.3) is 0 Å². The van der Waals surface area contributed by atoms with Gasteiger partial charge >= 0.3 is 0 Å². The highest BCUT2D eigenvalue weighted by Crippen LogP contribution is 2.26. The summed E-state index contributed by atoms with van der Waals surface area (Å²) in [6, 6.07) is 17.8. The Hall–Kier alpha value is -2.54. The molecule has 1 N–H and O–H groups in total. The standard InChI is InChI=1S/C24H26O3/c1-24(2,3)19-10-13-21(14-11-19)26-22-16-15-20(27-23(22)17-25)12-9-18-7-5-4-6-8-18/h4-8,10-11,13-16,20,22-23,25H,17H2,1-3H3/t20-,22+,23-/m1/s1. The summed E-state index contributed by atoms with van der Waals surface area (Å²) < 4.78 is 11.9. The number of benzene rings is 2. The van der Waals surface area contributed by atoms with Crippen molar-refractivity contribution < 1.29 is 14.6 Å². The second kappa shape index (κ2) is 8.43. The molecule has 0 aliphatic carbocycles. The zero-order valence-electron chi connectivity index (χ0n) is 16.1. The molecule has 0 radical (unpaired) electrons. The molecule has 0 fully saturated rings. The van der Waals surface area contributed by atoms with E-state index in [9.17, 15) is 5.11 Å². The monoisotopic (exact) mass is 362 g/mol. The van der Waals surface area contributed by atoms with Gasteiger partial charge in [0.15, 0.2) is 0 Å². The van der Waals surface area contributed by atoms with E-state index in [1.165, 1.54) is 5.56 Å². The molecular weight excluding hydrogens is 336 g/mol. The first-order valence-corrected chi connectivity index (χ1v) is 9.24. The molecule has 1 aliphatic rings. The summed E-state index contributed by atoms with van der Waals surface area (Å²) in [7, 11) is 0. The largest absolute Gasteiger partial charge is 0.484 e. The van der Waals surface area contributed by atoms with Crippen LogP contribution in [0.3, 0.4) is 0 Å². The molecule has 0 saturated carbocycles. The van der Waals surface area contributed by atoms with Crippen molar-refractivity contribution in [2.45, 2.75) is 44.5 Å². The summed E-state index contributed by atoms with van der Waals surface area (Å²) >= 11 is 0. The van der Waals surface area contributed by atoms with Gasteiger partial charge in [0.05, 0.1) is 6.61 Å². The van der Waals surface area contributed by atoms with Crippen LogP contribution < -0.4 is 4.74 Å². The molecule has 0 spiro atoms. The molecule has 3 atom stereocenters. The van der Waals surface area contributed by atoms with Gasteiger partial charge in [0, 0.05) is 5.56 Å². The lowest BCUT2D eigenvalue weighted by Crippen LogP contribution is -2.40. The van der Waals surface area contributed by atoms with Gasteiger partial charge in [-0.3, -0.25) is 0 Å². The summed E-state index contributed by atoms with van der Waals surface area (Å²) in [4.78, 5) is 0. The zero-order chi connectivity index (χ0) is 19.3. The minimum absolute atomic E-state index is 0.102. The van der Waals surface area contributed by atoms with Gasteiger partial charge in [0.25, 0.3) is 0 Å². The highest BCUT2D eigenvalue weighted by Gasteiger charge is 2.27. The quantitative estimate of drug-likeness (QED) is 0.660. The van der Waals surface area contributed by atoms with Crippen molar-refractivity contribution in [3.63, 3.8) is 0 Å². The molecule has 0 saturated heterocycles. The molecule has 0 amide bonds. The molecule has 0 bridgehead atoms. The van der Waals surface area contributed by atoms with E-state index in [1.54, 1.807) is 0 Å². The van der Waals surface area contributed by atoms with E-state index >= 15 is 0 Å². The Kier molecular flexibility index (Phi) is 6.01. The molecule has 1 heterocycles. The van der Waals surface area contributed by atoms with Crippen molar-refractivity contribution in [3.8, 4) is 17.6 Å². The molecule has 3 heteroatoms. The van der Waals surface area contributed by atoms with E-state index in [0.717, 1.165) is 11.3 Å². The molecule has 140 valence electrons. The van der Waals surface area contributed by atoms with Crippen molar-refractivity contribution in [3.05, 3.63) is 77.9 Å². The maximum atomic E-state index is 9.71. The van der Waals surface area contributed by atoms with Gasteiger partial charge in [0.2, 0.25) is 0 Å². The Labute approximate surface area is 161 Å². The van der Waals surface area contributed by atoms with Crippen molar-refractivity contribution in [1.29, 1.82) is 0 Å². The van der Waals surface area contributed by atoms with Gasteiger partial charge in [0.1, 0.15) is 24.1 Å². The third kappa shape index (κ3) is 5.23. The molecule has 2 aromatic rings. The summed E-state index contributed by atoms with van der Waals surface area (Å²) in [5, 5.41) is 9.71. The molecule has 3 rings (SSSR count). The number of hydrogen-bond donors (Lipinski definition) is 1. The summed E-state index contributed by atoms with van der Waals surface area (Å²) in [5.74, 6) is 6.94. The fraction of sp³-hybridized carbons (Fsp3) is 0.333. The Morgan fingerprint density at radius 3 is 2.33 bits per heavy atom. The lowest BCUT2D eigenvalue weighted by atomic mass is 9.87. The van der Waals surface area contributed by atoms with Crippen LogP contribution in [0, 0.1) is 11.8 Å². The SMILES string of the molecule is CC(C)(C)c1ccc(O[C@H]2C=C[C@@H](C#Cc3ccccc3)O[C@@H]2CO)cc1. The summed E-state index contributed by atoms with van der Waals surface area (Å²) in [6.45, 7) is 6.41. The second-order valence-electron chi connectivity index (χ2n) is 7.65. The lowest BCUT2D eigenvalue weighted by Gasteiger charge is -2.30. The van der Waals surface area contributed by atoms with Gasteiger partial charge in [-0.2, -0.15) is 0 Å². The smallest absolute Gasteiger partial charge is 0.145 e. The van der Waals surface area contributed by atoms with E-state index in [4.69, 9.17) is 9.47 Å². The van der Waals surface area contributed by atoms with E-state index in [-0.39, 0.29) is 24.2 Å². The normalized spacial score (nSPS) is 22.0. The zero-order valence-corrected chi connectivity index (χ0v) is 16.1. The van der Waals surface area contributed by atoms with Gasteiger partial charge < -0.3 is 14.6 Å². The van der Waals surface area contributed by atoms with Crippen molar-refractivity contribution in [2.24, 2.45) is 0 Å². The summed E-state index contributed by atoms with van der Waals surface area (Å²) in [5.41, 5.74) is 2.29. The van der Waals surface area contributed by atoms with Gasteiger partial charge in [-0.25, -0.2) is 0 Å². The van der Waals surface area contributed by atoms with E-state index in [0.29, 0.717) is 0 Å². The van der Waals surface area contributed by atoms with E-state index in [1.807, 2.05) is 54.6 Å². The Balaban J connectivity index is 1.67.